The Balaban J connectivity index is 3.94. The van der Waals surface area contributed by atoms with Crippen LogP contribution in [0, 0.1) is 0 Å². The van der Waals surface area contributed by atoms with E-state index in [0.717, 1.165) is 4.47 Å². The van der Waals surface area contributed by atoms with Crippen LogP contribution in [0.15, 0.2) is 0 Å². The normalized spacial score (nSPS) is 11.3. The van der Waals surface area contributed by atoms with Gasteiger partial charge in [-0.1, -0.05) is 0 Å². The molecule has 0 radical (unpaired) electrons. The number of hydrogen-bond acceptors (Lipinski definition) is 2. The zero-order valence-corrected chi connectivity index (χ0v) is 9.97. The zero-order valence-electron chi connectivity index (χ0n) is 7.64. The Morgan fingerprint density at radius 3 is 2.36 bits per heavy atom. The van der Waals surface area contributed by atoms with Gasteiger partial charge in [0.05, 0.1) is 0 Å². The maximum absolute atomic E-state index is 11.3. The fourth-order valence-electron chi connectivity index (χ4n) is 0.725. The third-order valence-corrected chi connectivity index (χ3v) is 4.63. The van der Waals surface area contributed by atoms with Crippen LogP contribution in [-0.4, -0.2) is 33.5 Å². The van der Waals surface area contributed by atoms with E-state index >= 15 is 0 Å². The molecule has 0 heterocycles. The summed E-state index contributed by atoms with van der Waals surface area (Å²) in [7, 11) is 0. The molecule has 66 valence electrons. The first-order chi connectivity index (χ1) is 5.04. The third kappa shape index (κ3) is 3.98. The van der Waals surface area contributed by atoms with Crippen molar-refractivity contribution in [2.45, 2.75) is 35.6 Å². The molecular weight excluding hydrogens is 256 g/mol. The number of carbonyl (C=O) groups is 1. The van der Waals surface area contributed by atoms with Crippen molar-refractivity contribution in [1.29, 1.82) is 0 Å². The van der Waals surface area contributed by atoms with Gasteiger partial charge in [0.15, 0.2) is 0 Å². The molecule has 0 aliphatic rings. The molecule has 0 aromatic heterocycles. The molecule has 0 saturated carbocycles. The topological polar surface area (TPSA) is 26.3 Å². The third-order valence-electron chi connectivity index (χ3n) is 1.27. The van der Waals surface area contributed by atoms with Crippen LogP contribution in [0.25, 0.3) is 0 Å². The Hall–Kier alpha value is 0.260. The van der Waals surface area contributed by atoms with Crippen LogP contribution in [0.4, 0.5) is 0 Å². The standard InChI is InChI=1S/C8H16O2Te/c1-5-10-7(9)8(3,4)11-6-2/h5-6H2,1-4H3. The van der Waals surface area contributed by atoms with Crippen molar-refractivity contribution in [3.05, 3.63) is 0 Å². The number of hydrogen-bond donors (Lipinski definition) is 0. The molecule has 0 aliphatic carbocycles. The van der Waals surface area contributed by atoms with Crippen molar-refractivity contribution >= 4 is 26.9 Å². The molecule has 0 atom stereocenters. The molecule has 0 aromatic carbocycles. The van der Waals surface area contributed by atoms with Crippen LogP contribution in [0.3, 0.4) is 0 Å². The minimum atomic E-state index is -0.217. The summed E-state index contributed by atoms with van der Waals surface area (Å²) in [4.78, 5) is 11.3. The number of esters is 1. The molecule has 0 aromatic rings. The molecule has 11 heavy (non-hydrogen) atoms. The predicted molar refractivity (Wildman–Crippen MR) is 46.9 cm³/mol. The van der Waals surface area contributed by atoms with Gasteiger partial charge in [0.25, 0.3) is 0 Å². The van der Waals surface area contributed by atoms with Crippen LogP contribution in [0.2, 0.25) is 7.93 Å². The van der Waals surface area contributed by atoms with E-state index < -0.39 is 0 Å². The summed E-state index contributed by atoms with van der Waals surface area (Å²) in [5.41, 5.74) is 0. The van der Waals surface area contributed by atoms with Gasteiger partial charge in [0, 0.05) is 0 Å². The maximum atomic E-state index is 11.3. The number of ether oxygens (including phenoxy) is 1. The van der Waals surface area contributed by atoms with Crippen LogP contribution in [0.5, 0.6) is 0 Å². The van der Waals surface area contributed by atoms with Crippen molar-refractivity contribution in [3.8, 4) is 0 Å². The van der Waals surface area contributed by atoms with Gasteiger partial charge in [-0.05, 0) is 0 Å². The van der Waals surface area contributed by atoms with Gasteiger partial charge < -0.3 is 0 Å². The van der Waals surface area contributed by atoms with E-state index in [2.05, 4.69) is 6.92 Å². The minimum absolute atomic E-state index is 0.0238. The Morgan fingerprint density at radius 1 is 1.45 bits per heavy atom. The van der Waals surface area contributed by atoms with Crippen LogP contribution in [-0.2, 0) is 9.53 Å². The van der Waals surface area contributed by atoms with Crippen molar-refractivity contribution in [2.75, 3.05) is 6.61 Å². The molecule has 3 heteroatoms. The first-order valence-corrected chi connectivity index (χ1v) is 6.67. The first-order valence-electron chi connectivity index (χ1n) is 3.85. The molecule has 0 spiro atoms. The fraction of sp³-hybridized carbons (Fsp3) is 0.875. The van der Waals surface area contributed by atoms with Gasteiger partial charge >= 0.3 is 78.7 Å². The van der Waals surface area contributed by atoms with Crippen LogP contribution in [0.1, 0.15) is 27.7 Å². The molecule has 0 N–H and O–H groups in total. The summed E-state index contributed by atoms with van der Waals surface area (Å²) in [5, 5.41) is 0. The van der Waals surface area contributed by atoms with Crippen LogP contribution < -0.4 is 0 Å². The molecule has 0 unspecified atom stereocenters. The number of rotatable bonds is 4. The van der Waals surface area contributed by atoms with Gasteiger partial charge in [-0.2, -0.15) is 0 Å². The summed E-state index contributed by atoms with van der Waals surface area (Å²) in [5.74, 6) is -0.0238. The average molecular weight is 272 g/mol. The Labute approximate surface area is 78.8 Å². The molecule has 0 bridgehead atoms. The Morgan fingerprint density at radius 2 is 2.00 bits per heavy atom. The van der Waals surface area contributed by atoms with Crippen LogP contribution >= 0.6 is 0 Å². The van der Waals surface area contributed by atoms with Crippen molar-refractivity contribution in [1.82, 2.24) is 0 Å². The van der Waals surface area contributed by atoms with Crippen molar-refractivity contribution in [2.24, 2.45) is 0 Å². The quantitative estimate of drug-likeness (QED) is 0.577. The van der Waals surface area contributed by atoms with E-state index in [1.807, 2.05) is 20.8 Å². The molecule has 0 amide bonds. The van der Waals surface area contributed by atoms with Crippen molar-refractivity contribution in [3.63, 3.8) is 0 Å². The van der Waals surface area contributed by atoms with E-state index in [1.165, 1.54) is 0 Å². The van der Waals surface area contributed by atoms with E-state index in [4.69, 9.17) is 4.74 Å². The van der Waals surface area contributed by atoms with E-state index in [0.29, 0.717) is 6.61 Å². The average Bonchev–Trinajstić information content (AvgIpc) is 1.88. The molecule has 0 fully saturated rings. The van der Waals surface area contributed by atoms with E-state index in [-0.39, 0.29) is 30.4 Å². The molecule has 0 aliphatic heterocycles. The van der Waals surface area contributed by atoms with E-state index in [9.17, 15) is 4.79 Å². The molecule has 0 rings (SSSR count). The summed E-state index contributed by atoms with van der Waals surface area (Å²) < 4.78 is 5.93. The van der Waals surface area contributed by atoms with E-state index in [1.54, 1.807) is 0 Å². The number of carbonyl (C=O) groups excluding carboxylic acids is 1. The Bertz CT molecular complexity index is 132. The molecular formula is C8H16O2Te. The summed E-state index contributed by atoms with van der Waals surface area (Å²) in [6.45, 7) is 8.44. The van der Waals surface area contributed by atoms with Gasteiger partial charge in [0.1, 0.15) is 0 Å². The second-order valence-corrected chi connectivity index (χ2v) is 8.05. The second-order valence-electron chi connectivity index (χ2n) is 2.66. The molecule has 2 nitrogen and oxygen atoms in total. The fourth-order valence-corrected chi connectivity index (χ4v) is 3.29. The summed E-state index contributed by atoms with van der Waals surface area (Å²) in [6.07, 6.45) is 0. The molecule has 0 saturated heterocycles. The van der Waals surface area contributed by atoms with Gasteiger partial charge in [-0.3, -0.25) is 0 Å². The van der Waals surface area contributed by atoms with Gasteiger partial charge in [0.2, 0.25) is 0 Å². The second kappa shape index (κ2) is 5.00. The monoisotopic (exact) mass is 274 g/mol. The van der Waals surface area contributed by atoms with Crippen molar-refractivity contribution < 1.29 is 9.53 Å². The summed E-state index contributed by atoms with van der Waals surface area (Å²) in [6, 6.07) is 0. The SMILES string of the molecule is CCOC(=O)C(C)(C)[Te]CC. The summed E-state index contributed by atoms with van der Waals surface area (Å²) >= 11 is -0.217. The first kappa shape index (κ1) is 11.3. The Kier molecular flexibility index (Phi) is 5.12. The zero-order chi connectivity index (χ0) is 8.91. The predicted octanol–water partition coefficient (Wildman–Crippen LogP) is 1.89. The van der Waals surface area contributed by atoms with Gasteiger partial charge in [-0.15, -0.1) is 0 Å². The van der Waals surface area contributed by atoms with Gasteiger partial charge in [-0.25, -0.2) is 0 Å².